The van der Waals surface area contributed by atoms with Gasteiger partial charge in [-0.3, -0.25) is 4.79 Å². The number of carbonyl (C=O) groups is 1. The van der Waals surface area contributed by atoms with Crippen LogP contribution < -0.4 is 10.1 Å². The average molecular weight is 491 g/mol. The van der Waals surface area contributed by atoms with Gasteiger partial charge >= 0.3 is 0 Å². The molecule has 0 atom stereocenters. The summed E-state index contributed by atoms with van der Waals surface area (Å²) in [6, 6.07) is 16.3. The molecule has 0 saturated carbocycles. The van der Waals surface area contributed by atoms with E-state index in [-0.39, 0.29) is 17.1 Å². The number of thiazole rings is 1. The molecule has 0 aliphatic carbocycles. The second kappa shape index (κ2) is 8.52. The number of rotatable bonds is 4. The molecule has 34 heavy (non-hydrogen) atoms. The van der Waals surface area contributed by atoms with Crippen molar-refractivity contribution < 1.29 is 19.7 Å². The number of hydrogen-bond acceptors (Lipinski definition) is 6. The number of amides is 1. The Labute approximate surface area is 204 Å². The quantitative estimate of drug-likeness (QED) is 0.223. The van der Waals surface area contributed by atoms with Crippen LogP contribution in [-0.2, 0) is 4.79 Å². The van der Waals surface area contributed by atoms with E-state index >= 15 is 0 Å². The van der Waals surface area contributed by atoms with E-state index in [1.54, 1.807) is 24.4 Å². The van der Waals surface area contributed by atoms with Crippen molar-refractivity contribution in [1.82, 2.24) is 4.98 Å². The number of aliphatic hydroxyl groups excluding tert-OH is 1. The van der Waals surface area contributed by atoms with Crippen LogP contribution >= 0.6 is 22.9 Å². The zero-order valence-corrected chi connectivity index (χ0v) is 19.8. The van der Waals surface area contributed by atoms with Gasteiger partial charge in [-0.1, -0.05) is 48.0 Å². The normalized spacial score (nSPS) is 14.0. The van der Waals surface area contributed by atoms with Crippen LogP contribution in [0, 0.1) is 6.92 Å². The van der Waals surface area contributed by atoms with Gasteiger partial charge in [0.2, 0.25) is 0 Å². The number of aryl methyl sites for hydroxylation is 1. The molecule has 0 spiro atoms. The van der Waals surface area contributed by atoms with Crippen molar-refractivity contribution in [2.45, 2.75) is 6.92 Å². The molecule has 0 radical (unpaired) electrons. The predicted octanol–water partition coefficient (Wildman–Crippen LogP) is 6.53. The maximum atomic E-state index is 12.7. The minimum absolute atomic E-state index is 0.0708. The third kappa shape index (κ3) is 3.69. The molecule has 5 rings (SSSR count). The molecule has 0 saturated heterocycles. The maximum Gasteiger partial charge on any atom is 0.260 e. The zero-order valence-electron chi connectivity index (χ0n) is 18.2. The summed E-state index contributed by atoms with van der Waals surface area (Å²) in [4.78, 5) is 17.4. The SMILES string of the molecule is COc1cccc(-c2ccc(-c3cc4c(cc3Cl)NC(=O)/C4=C(/O)c3cnc(C)s3)cc2)c1O. The van der Waals surface area contributed by atoms with Gasteiger partial charge in [0.05, 0.1) is 33.3 Å². The number of benzene rings is 3. The number of para-hydroxylation sites is 1. The van der Waals surface area contributed by atoms with E-state index in [1.165, 1.54) is 18.4 Å². The van der Waals surface area contributed by atoms with Crippen LogP contribution in [0.3, 0.4) is 0 Å². The van der Waals surface area contributed by atoms with Crippen molar-refractivity contribution in [3.8, 4) is 33.8 Å². The Morgan fingerprint density at radius 2 is 1.76 bits per heavy atom. The number of halogens is 1. The van der Waals surface area contributed by atoms with Crippen molar-refractivity contribution >= 4 is 45.9 Å². The highest BCUT2D eigenvalue weighted by Crippen LogP contribution is 2.43. The Kier molecular flexibility index (Phi) is 5.51. The molecule has 1 aromatic heterocycles. The van der Waals surface area contributed by atoms with Gasteiger partial charge in [0, 0.05) is 22.9 Å². The van der Waals surface area contributed by atoms with Crippen LogP contribution in [0.4, 0.5) is 5.69 Å². The smallest absolute Gasteiger partial charge is 0.260 e. The highest BCUT2D eigenvalue weighted by molar-refractivity contribution is 7.12. The van der Waals surface area contributed by atoms with E-state index in [0.29, 0.717) is 38.0 Å². The summed E-state index contributed by atoms with van der Waals surface area (Å²) in [7, 11) is 1.51. The molecule has 170 valence electrons. The first kappa shape index (κ1) is 22.0. The summed E-state index contributed by atoms with van der Waals surface area (Å²) in [5.41, 5.74) is 4.30. The van der Waals surface area contributed by atoms with Crippen molar-refractivity contribution in [3.63, 3.8) is 0 Å². The molecule has 0 fully saturated rings. The monoisotopic (exact) mass is 490 g/mol. The number of phenolic OH excluding ortho intramolecular Hbond substituents is 1. The molecule has 6 nitrogen and oxygen atoms in total. The van der Waals surface area contributed by atoms with E-state index < -0.39 is 5.91 Å². The van der Waals surface area contributed by atoms with Crippen LogP contribution in [0.25, 0.3) is 33.6 Å². The van der Waals surface area contributed by atoms with Gasteiger partial charge in [-0.15, -0.1) is 11.3 Å². The number of anilines is 1. The number of ether oxygens (including phenoxy) is 1. The van der Waals surface area contributed by atoms with Crippen LogP contribution in [0.2, 0.25) is 5.02 Å². The first-order chi connectivity index (χ1) is 16.4. The van der Waals surface area contributed by atoms with Gasteiger partial charge in [0.15, 0.2) is 11.5 Å². The molecular weight excluding hydrogens is 472 g/mol. The number of phenols is 1. The fourth-order valence-electron chi connectivity index (χ4n) is 3.99. The summed E-state index contributed by atoms with van der Waals surface area (Å²) in [5, 5.41) is 25.3. The molecule has 3 N–H and O–H groups in total. The van der Waals surface area contributed by atoms with Gasteiger partial charge in [-0.25, -0.2) is 4.98 Å². The second-order valence-corrected chi connectivity index (χ2v) is 9.37. The third-order valence-corrected chi connectivity index (χ3v) is 6.90. The number of nitrogens with one attached hydrogen (secondary N) is 1. The molecule has 1 amide bonds. The third-order valence-electron chi connectivity index (χ3n) is 5.67. The van der Waals surface area contributed by atoms with Gasteiger partial charge in [-0.2, -0.15) is 0 Å². The minimum Gasteiger partial charge on any atom is -0.506 e. The fourth-order valence-corrected chi connectivity index (χ4v) is 4.99. The van der Waals surface area contributed by atoms with Crippen LogP contribution in [0.15, 0.2) is 60.8 Å². The first-order valence-electron chi connectivity index (χ1n) is 10.4. The Morgan fingerprint density at radius 1 is 1.06 bits per heavy atom. The molecular formula is C26H19ClN2O4S. The highest BCUT2D eigenvalue weighted by atomic mass is 35.5. The van der Waals surface area contributed by atoms with E-state index in [1.807, 2.05) is 43.3 Å². The average Bonchev–Trinajstić information content (AvgIpc) is 3.40. The molecule has 4 aromatic rings. The van der Waals surface area contributed by atoms with Gasteiger partial charge in [0.1, 0.15) is 5.76 Å². The van der Waals surface area contributed by atoms with E-state index in [2.05, 4.69) is 10.3 Å². The van der Waals surface area contributed by atoms with Crippen molar-refractivity contribution in [2.75, 3.05) is 12.4 Å². The van der Waals surface area contributed by atoms with Crippen molar-refractivity contribution in [3.05, 3.63) is 81.3 Å². The molecule has 8 heteroatoms. The number of aromatic hydroxyl groups is 1. The summed E-state index contributed by atoms with van der Waals surface area (Å²) in [6.45, 7) is 1.83. The largest absolute Gasteiger partial charge is 0.506 e. The second-order valence-electron chi connectivity index (χ2n) is 7.73. The summed E-state index contributed by atoms with van der Waals surface area (Å²) >= 11 is 7.88. The van der Waals surface area contributed by atoms with Crippen LogP contribution in [-0.4, -0.2) is 28.2 Å². The Morgan fingerprint density at radius 3 is 2.41 bits per heavy atom. The lowest BCUT2D eigenvalue weighted by molar-refractivity contribution is -0.110. The van der Waals surface area contributed by atoms with Gasteiger partial charge in [-0.05, 0) is 36.2 Å². The van der Waals surface area contributed by atoms with Crippen molar-refractivity contribution in [1.29, 1.82) is 0 Å². The number of hydrogen-bond donors (Lipinski definition) is 3. The molecule has 1 aliphatic rings. The number of carbonyl (C=O) groups excluding carboxylic acids is 1. The molecule has 0 unspecified atom stereocenters. The molecule has 3 aromatic carbocycles. The number of methoxy groups -OCH3 is 1. The Bertz CT molecular complexity index is 1470. The maximum absolute atomic E-state index is 12.7. The fraction of sp³-hybridized carbons (Fsp3) is 0.0769. The zero-order chi connectivity index (χ0) is 24.0. The van der Waals surface area contributed by atoms with E-state index in [0.717, 1.165) is 16.1 Å². The van der Waals surface area contributed by atoms with Crippen LogP contribution in [0.1, 0.15) is 15.4 Å². The van der Waals surface area contributed by atoms with Crippen LogP contribution in [0.5, 0.6) is 11.5 Å². The Hall–Kier alpha value is -3.81. The lowest BCUT2D eigenvalue weighted by Crippen LogP contribution is -2.05. The lowest BCUT2D eigenvalue weighted by atomic mass is 9.96. The van der Waals surface area contributed by atoms with E-state index in [9.17, 15) is 15.0 Å². The summed E-state index contributed by atoms with van der Waals surface area (Å²) in [6.07, 6.45) is 1.55. The minimum atomic E-state index is -0.393. The van der Waals surface area contributed by atoms with Gasteiger partial charge in [0.25, 0.3) is 5.91 Å². The van der Waals surface area contributed by atoms with E-state index in [4.69, 9.17) is 16.3 Å². The highest BCUT2D eigenvalue weighted by Gasteiger charge is 2.30. The summed E-state index contributed by atoms with van der Waals surface area (Å²) in [5.74, 6) is -0.0354. The number of aromatic nitrogens is 1. The first-order valence-corrected chi connectivity index (χ1v) is 11.5. The number of nitrogens with zero attached hydrogens (tertiary/aromatic N) is 1. The summed E-state index contributed by atoms with van der Waals surface area (Å²) < 4.78 is 5.20. The van der Waals surface area contributed by atoms with Gasteiger partial charge < -0.3 is 20.3 Å². The topological polar surface area (TPSA) is 91.7 Å². The molecule has 0 bridgehead atoms. The lowest BCUT2D eigenvalue weighted by Gasteiger charge is -2.11. The Balaban J connectivity index is 1.57. The number of aliphatic hydroxyl groups is 1. The predicted molar refractivity (Wildman–Crippen MR) is 135 cm³/mol. The molecule has 1 aliphatic heterocycles. The molecule has 2 heterocycles. The number of fused-ring (bicyclic) bond motifs is 1. The standard InChI is InChI=1S/C26H19ClN2O4S/c1-13-28-12-22(34-13)25(31)23-18-10-17(19(27)11-20(18)29-26(23)32)15-8-6-14(7-9-15)16-4-3-5-21(33-2)24(16)30/h3-12,30-31H,1-2H3,(H,29,32)/b25-23+. The van der Waals surface area contributed by atoms with Crippen molar-refractivity contribution in [2.24, 2.45) is 0 Å².